The summed E-state index contributed by atoms with van der Waals surface area (Å²) in [6.45, 7) is 5.70. The Morgan fingerprint density at radius 1 is 1.17 bits per heavy atom. The number of hydrogen-bond acceptors (Lipinski definition) is 2. The van der Waals surface area contributed by atoms with Crippen molar-refractivity contribution < 1.29 is 4.79 Å². The summed E-state index contributed by atoms with van der Waals surface area (Å²) in [6.07, 6.45) is 1.62. The lowest BCUT2D eigenvalue weighted by molar-refractivity contribution is -0.128. The molecule has 1 N–H and O–H groups in total. The fourth-order valence-corrected chi connectivity index (χ4v) is 3.64. The summed E-state index contributed by atoms with van der Waals surface area (Å²) in [5.74, 6) is 1.11. The van der Waals surface area contributed by atoms with Crippen molar-refractivity contribution >= 4 is 23.5 Å². The average Bonchev–Trinajstić information content (AvgIpc) is 3.12. The number of benzene rings is 2. The number of amides is 1. The van der Waals surface area contributed by atoms with Crippen LogP contribution in [-0.4, -0.2) is 41.8 Å². The Hall–Kier alpha value is -2.53. The monoisotopic (exact) mass is 412 g/mol. The molecule has 0 unspecified atom stereocenters. The van der Waals surface area contributed by atoms with E-state index >= 15 is 0 Å². The summed E-state index contributed by atoms with van der Waals surface area (Å²) in [4.78, 5) is 20.9. The molecule has 0 bridgehead atoms. The fourth-order valence-electron chi connectivity index (χ4n) is 3.51. The molecule has 6 heteroatoms. The normalized spacial score (nSPS) is 14.4. The highest BCUT2D eigenvalue weighted by Gasteiger charge is 2.20. The Morgan fingerprint density at radius 3 is 2.55 bits per heavy atom. The van der Waals surface area contributed by atoms with Gasteiger partial charge < -0.3 is 15.1 Å². The van der Waals surface area contributed by atoms with Crippen molar-refractivity contribution in [1.29, 1.82) is 0 Å². The van der Waals surface area contributed by atoms with Gasteiger partial charge >= 0.3 is 0 Å². The zero-order valence-electron chi connectivity index (χ0n) is 17.2. The number of nitrogens with one attached hydrogen (secondary N) is 1. The molecular weight excluding hydrogens is 384 g/mol. The van der Waals surface area contributed by atoms with Crippen LogP contribution in [0.1, 0.15) is 36.5 Å². The van der Waals surface area contributed by atoms with Crippen molar-refractivity contribution in [3.05, 3.63) is 70.2 Å². The maximum Gasteiger partial charge on any atom is 0.222 e. The minimum absolute atomic E-state index is 0.249. The lowest BCUT2D eigenvalue weighted by Crippen LogP contribution is -2.38. The fraction of sp³-hybridized carbons (Fsp3) is 0.391. The van der Waals surface area contributed by atoms with Gasteiger partial charge in [0.05, 0.1) is 6.54 Å². The number of aliphatic imine (C=N–C) groups is 1. The van der Waals surface area contributed by atoms with Crippen LogP contribution in [0.3, 0.4) is 0 Å². The first-order chi connectivity index (χ1) is 14.1. The molecule has 1 aliphatic heterocycles. The van der Waals surface area contributed by atoms with Crippen molar-refractivity contribution in [2.24, 2.45) is 4.99 Å². The van der Waals surface area contributed by atoms with Gasteiger partial charge in [0.2, 0.25) is 5.91 Å². The molecule has 154 valence electrons. The molecule has 2 aromatic rings. The predicted octanol–water partition coefficient (Wildman–Crippen LogP) is 4.06. The van der Waals surface area contributed by atoms with Crippen LogP contribution in [0.5, 0.6) is 0 Å². The third-order valence-corrected chi connectivity index (χ3v) is 5.33. The minimum atomic E-state index is 0.249. The minimum Gasteiger partial charge on any atom is -0.357 e. The summed E-state index contributed by atoms with van der Waals surface area (Å²) >= 11 is 5.99. The molecule has 0 saturated carbocycles. The molecule has 1 heterocycles. The SMILES string of the molecule is CCNC(=NCc1ccccc1CN1CCCC1=O)N(C)Cc1ccc(Cl)cc1. The summed E-state index contributed by atoms with van der Waals surface area (Å²) in [5.41, 5.74) is 3.50. The molecule has 1 fully saturated rings. The van der Waals surface area contributed by atoms with Gasteiger partial charge in [-0.1, -0.05) is 48.0 Å². The van der Waals surface area contributed by atoms with Gasteiger partial charge in [-0.05, 0) is 42.2 Å². The summed E-state index contributed by atoms with van der Waals surface area (Å²) in [5, 5.41) is 4.11. The van der Waals surface area contributed by atoms with E-state index in [-0.39, 0.29) is 5.91 Å². The molecule has 1 amide bonds. The second-order valence-electron chi connectivity index (χ2n) is 7.34. The molecule has 0 spiro atoms. The lowest BCUT2D eigenvalue weighted by atomic mass is 10.1. The molecule has 0 atom stereocenters. The molecular formula is C23H29ClN4O. The number of halogens is 1. The number of hydrogen-bond donors (Lipinski definition) is 1. The second-order valence-corrected chi connectivity index (χ2v) is 7.78. The smallest absolute Gasteiger partial charge is 0.222 e. The van der Waals surface area contributed by atoms with Gasteiger partial charge in [-0.25, -0.2) is 4.99 Å². The number of nitrogens with zero attached hydrogens (tertiary/aromatic N) is 3. The van der Waals surface area contributed by atoms with E-state index in [0.717, 1.165) is 42.6 Å². The number of carbonyl (C=O) groups excluding carboxylic acids is 1. The Labute approximate surface area is 178 Å². The number of carbonyl (C=O) groups is 1. The molecule has 0 aromatic heterocycles. The van der Waals surface area contributed by atoms with E-state index < -0.39 is 0 Å². The van der Waals surface area contributed by atoms with Crippen molar-refractivity contribution in [3.8, 4) is 0 Å². The van der Waals surface area contributed by atoms with E-state index in [1.165, 1.54) is 11.1 Å². The zero-order chi connectivity index (χ0) is 20.6. The topological polar surface area (TPSA) is 47.9 Å². The molecule has 0 radical (unpaired) electrons. The van der Waals surface area contributed by atoms with Crippen molar-refractivity contribution in [2.45, 2.75) is 39.4 Å². The van der Waals surface area contributed by atoms with Gasteiger partial charge in [0, 0.05) is 44.7 Å². The Bertz CT molecular complexity index is 850. The Balaban J connectivity index is 1.71. The third kappa shape index (κ3) is 5.97. The van der Waals surface area contributed by atoms with Gasteiger partial charge in [0.1, 0.15) is 0 Å². The maximum atomic E-state index is 12.0. The maximum absolute atomic E-state index is 12.0. The van der Waals surface area contributed by atoms with E-state index in [9.17, 15) is 4.79 Å². The molecule has 1 aliphatic rings. The molecule has 0 aliphatic carbocycles. The first-order valence-electron chi connectivity index (χ1n) is 10.1. The Morgan fingerprint density at radius 2 is 1.90 bits per heavy atom. The highest BCUT2D eigenvalue weighted by atomic mass is 35.5. The largest absolute Gasteiger partial charge is 0.357 e. The molecule has 1 saturated heterocycles. The van der Waals surface area contributed by atoms with E-state index in [1.807, 2.05) is 48.3 Å². The van der Waals surface area contributed by atoms with Crippen LogP contribution in [-0.2, 0) is 24.4 Å². The van der Waals surface area contributed by atoms with E-state index in [0.29, 0.717) is 19.5 Å². The van der Waals surface area contributed by atoms with Gasteiger partial charge in [0.25, 0.3) is 0 Å². The summed E-state index contributed by atoms with van der Waals surface area (Å²) in [7, 11) is 2.03. The van der Waals surface area contributed by atoms with Crippen LogP contribution in [0.4, 0.5) is 0 Å². The molecule has 3 rings (SSSR count). The van der Waals surface area contributed by atoms with Gasteiger partial charge in [-0.2, -0.15) is 0 Å². The predicted molar refractivity (Wildman–Crippen MR) is 119 cm³/mol. The second kappa shape index (κ2) is 10.3. The number of rotatable bonds is 7. The lowest BCUT2D eigenvalue weighted by Gasteiger charge is -2.23. The quantitative estimate of drug-likeness (QED) is 0.551. The van der Waals surface area contributed by atoms with Gasteiger partial charge in [-0.3, -0.25) is 4.79 Å². The van der Waals surface area contributed by atoms with Crippen LogP contribution in [0.25, 0.3) is 0 Å². The summed E-state index contributed by atoms with van der Waals surface area (Å²) in [6, 6.07) is 16.1. The van der Waals surface area contributed by atoms with Gasteiger partial charge in [-0.15, -0.1) is 0 Å². The highest BCUT2D eigenvalue weighted by molar-refractivity contribution is 6.30. The van der Waals surface area contributed by atoms with Crippen molar-refractivity contribution in [1.82, 2.24) is 15.1 Å². The highest BCUT2D eigenvalue weighted by Crippen LogP contribution is 2.18. The van der Waals surface area contributed by atoms with Crippen LogP contribution in [0, 0.1) is 0 Å². The molecule has 29 heavy (non-hydrogen) atoms. The zero-order valence-corrected chi connectivity index (χ0v) is 18.0. The van der Waals surface area contributed by atoms with E-state index in [4.69, 9.17) is 16.6 Å². The van der Waals surface area contributed by atoms with Crippen LogP contribution in [0.2, 0.25) is 5.02 Å². The standard InChI is InChI=1S/C23H29ClN4O/c1-3-25-23(27(2)16-18-10-12-21(24)13-11-18)26-15-19-7-4-5-8-20(19)17-28-14-6-9-22(28)29/h4-5,7-8,10-13H,3,6,9,14-17H2,1-2H3,(H,25,26). The van der Waals surface area contributed by atoms with E-state index in [1.54, 1.807) is 0 Å². The Kier molecular flexibility index (Phi) is 7.53. The number of guanidine groups is 1. The van der Waals surface area contributed by atoms with Crippen molar-refractivity contribution in [3.63, 3.8) is 0 Å². The molecule has 5 nitrogen and oxygen atoms in total. The average molecular weight is 413 g/mol. The first-order valence-corrected chi connectivity index (χ1v) is 10.5. The molecule has 2 aromatic carbocycles. The third-order valence-electron chi connectivity index (χ3n) is 5.08. The van der Waals surface area contributed by atoms with Crippen LogP contribution < -0.4 is 5.32 Å². The van der Waals surface area contributed by atoms with Crippen LogP contribution in [0.15, 0.2) is 53.5 Å². The van der Waals surface area contributed by atoms with Crippen LogP contribution >= 0.6 is 11.6 Å². The first kappa shape index (κ1) is 21.2. The number of likely N-dealkylation sites (tertiary alicyclic amines) is 1. The summed E-state index contributed by atoms with van der Waals surface area (Å²) < 4.78 is 0. The van der Waals surface area contributed by atoms with E-state index in [2.05, 4.69) is 29.3 Å². The van der Waals surface area contributed by atoms with Gasteiger partial charge in [0.15, 0.2) is 5.96 Å². The van der Waals surface area contributed by atoms with Crippen molar-refractivity contribution in [2.75, 3.05) is 20.1 Å².